The van der Waals surface area contributed by atoms with E-state index in [4.69, 9.17) is 0 Å². The monoisotopic (exact) mass is 350 g/mol. The summed E-state index contributed by atoms with van der Waals surface area (Å²) in [5, 5.41) is 0. The minimum atomic E-state index is 0.113. The number of nitrogens with zero attached hydrogens (tertiary/aromatic N) is 2. The zero-order chi connectivity index (χ0) is 12.7. The number of carbonyl (C=O) groups is 1. The summed E-state index contributed by atoms with van der Waals surface area (Å²) in [5.41, 5.74) is 0.654. The Morgan fingerprint density at radius 1 is 1.24 bits per heavy atom. The summed E-state index contributed by atoms with van der Waals surface area (Å²) in [6.07, 6.45) is 3.07. The highest BCUT2D eigenvalue weighted by molar-refractivity contribution is 14.1. The number of hydrogen-bond donors (Lipinski definition) is 0. The fraction of sp³-hybridized carbons (Fsp3) is 0.923. The fourth-order valence-corrected chi connectivity index (χ4v) is 4.24. The Kier molecular flexibility index (Phi) is 3.74. The summed E-state index contributed by atoms with van der Waals surface area (Å²) in [4.78, 5) is 14.2. The summed E-state index contributed by atoms with van der Waals surface area (Å²) in [6.45, 7) is 10.8. The second-order valence-corrected chi connectivity index (χ2v) is 8.26. The molecule has 2 aliphatic rings. The van der Waals surface area contributed by atoms with Gasteiger partial charge in [0.05, 0.1) is 0 Å². The van der Waals surface area contributed by atoms with Crippen molar-refractivity contribution in [3.63, 3.8) is 0 Å². The highest BCUT2D eigenvalue weighted by Crippen LogP contribution is 2.42. The average Bonchev–Trinajstić information content (AvgIpc) is 2.14. The van der Waals surface area contributed by atoms with Crippen LogP contribution in [0.25, 0.3) is 0 Å². The summed E-state index contributed by atoms with van der Waals surface area (Å²) in [5.74, 6) is 0.345. The molecular formula is C13H23IN2O. The van der Waals surface area contributed by atoms with E-state index in [0.717, 1.165) is 13.1 Å². The van der Waals surface area contributed by atoms with E-state index in [1.165, 1.54) is 25.9 Å². The van der Waals surface area contributed by atoms with E-state index in [-0.39, 0.29) is 5.41 Å². The molecule has 0 radical (unpaired) electrons. The van der Waals surface area contributed by atoms with E-state index in [0.29, 0.717) is 17.7 Å². The van der Waals surface area contributed by atoms with Crippen molar-refractivity contribution in [2.75, 3.05) is 26.2 Å². The molecule has 2 heterocycles. The fourth-order valence-electron chi connectivity index (χ4n) is 2.79. The van der Waals surface area contributed by atoms with Crippen LogP contribution in [0.5, 0.6) is 0 Å². The third-order valence-electron chi connectivity index (χ3n) is 3.87. The summed E-state index contributed by atoms with van der Waals surface area (Å²) >= 11 is 2.39. The van der Waals surface area contributed by atoms with E-state index in [1.807, 2.05) is 0 Å². The molecule has 0 saturated carbocycles. The van der Waals surface area contributed by atoms with Crippen molar-refractivity contribution in [3.05, 3.63) is 0 Å². The van der Waals surface area contributed by atoms with Crippen LogP contribution in [0, 0.1) is 10.8 Å². The van der Waals surface area contributed by atoms with Gasteiger partial charge in [0.1, 0.15) is 0 Å². The average molecular weight is 350 g/mol. The second kappa shape index (κ2) is 4.68. The van der Waals surface area contributed by atoms with Crippen molar-refractivity contribution in [1.29, 1.82) is 0 Å². The first kappa shape index (κ1) is 13.6. The van der Waals surface area contributed by atoms with Crippen molar-refractivity contribution >= 4 is 28.8 Å². The second-order valence-electron chi connectivity index (χ2n) is 6.90. The van der Waals surface area contributed by atoms with Crippen molar-refractivity contribution in [2.24, 2.45) is 10.8 Å². The van der Waals surface area contributed by atoms with Gasteiger partial charge in [-0.3, -0.25) is 4.79 Å². The van der Waals surface area contributed by atoms with Crippen molar-refractivity contribution in [3.8, 4) is 0 Å². The Balaban J connectivity index is 1.81. The molecule has 2 rings (SSSR count). The summed E-state index contributed by atoms with van der Waals surface area (Å²) in [6, 6.07) is 0. The molecule has 0 N–H and O–H groups in total. The first-order chi connectivity index (χ1) is 7.80. The lowest BCUT2D eigenvalue weighted by atomic mass is 9.73. The van der Waals surface area contributed by atoms with Gasteiger partial charge in [0.15, 0.2) is 0 Å². The molecular weight excluding hydrogens is 327 g/mol. The van der Waals surface area contributed by atoms with Crippen LogP contribution in [0.15, 0.2) is 0 Å². The number of halogens is 1. The molecule has 3 nitrogen and oxygen atoms in total. The van der Waals surface area contributed by atoms with Gasteiger partial charge in [-0.2, -0.15) is 0 Å². The molecule has 1 spiro atoms. The van der Waals surface area contributed by atoms with Gasteiger partial charge in [0, 0.05) is 60.9 Å². The maximum absolute atomic E-state index is 12.1. The van der Waals surface area contributed by atoms with Gasteiger partial charge >= 0.3 is 0 Å². The third-order valence-corrected chi connectivity index (χ3v) is 4.55. The van der Waals surface area contributed by atoms with Crippen LogP contribution in [-0.2, 0) is 4.79 Å². The van der Waals surface area contributed by atoms with Gasteiger partial charge in [-0.1, -0.05) is 20.8 Å². The molecule has 0 atom stereocenters. The lowest BCUT2D eigenvalue weighted by molar-refractivity contribution is -0.136. The van der Waals surface area contributed by atoms with E-state index in [2.05, 4.69) is 51.6 Å². The molecule has 2 aliphatic heterocycles. The maximum atomic E-state index is 12.1. The van der Waals surface area contributed by atoms with Crippen LogP contribution in [0.2, 0.25) is 0 Å². The molecule has 2 saturated heterocycles. The molecule has 0 aromatic rings. The molecule has 0 unspecified atom stereocenters. The molecule has 98 valence electrons. The van der Waals surface area contributed by atoms with E-state index in [9.17, 15) is 4.79 Å². The predicted octanol–water partition coefficient (Wildman–Crippen LogP) is 2.70. The van der Waals surface area contributed by atoms with Crippen LogP contribution in [0.4, 0.5) is 0 Å². The summed E-state index contributed by atoms with van der Waals surface area (Å²) in [7, 11) is 0. The number of piperidine rings is 1. The Morgan fingerprint density at radius 3 is 2.18 bits per heavy atom. The number of carbonyl (C=O) groups excluding carboxylic acids is 1. The zero-order valence-electron chi connectivity index (χ0n) is 11.1. The van der Waals surface area contributed by atoms with Gasteiger partial charge in [-0.25, -0.2) is 3.11 Å². The van der Waals surface area contributed by atoms with Crippen molar-refractivity contribution < 1.29 is 4.79 Å². The molecule has 1 amide bonds. The van der Waals surface area contributed by atoms with Crippen molar-refractivity contribution in [1.82, 2.24) is 8.01 Å². The Bertz CT molecular complexity index is 295. The van der Waals surface area contributed by atoms with Crippen LogP contribution < -0.4 is 0 Å². The van der Waals surface area contributed by atoms with E-state index in [1.54, 1.807) is 0 Å². The summed E-state index contributed by atoms with van der Waals surface area (Å²) < 4.78 is 2.35. The Hall–Kier alpha value is 0.160. The lowest BCUT2D eigenvalue weighted by Crippen LogP contribution is -2.57. The Morgan fingerprint density at radius 2 is 1.76 bits per heavy atom. The van der Waals surface area contributed by atoms with Gasteiger partial charge < -0.3 is 4.90 Å². The molecule has 0 aromatic heterocycles. The molecule has 0 aliphatic carbocycles. The number of rotatable bonds is 1. The highest BCUT2D eigenvalue weighted by Gasteiger charge is 2.44. The minimum absolute atomic E-state index is 0.113. The first-order valence-electron chi connectivity index (χ1n) is 6.48. The number of amides is 1. The molecule has 4 heteroatoms. The molecule has 2 fully saturated rings. The topological polar surface area (TPSA) is 23.6 Å². The van der Waals surface area contributed by atoms with Crippen LogP contribution in [0.1, 0.15) is 40.0 Å². The first-order valence-corrected chi connectivity index (χ1v) is 7.45. The predicted molar refractivity (Wildman–Crippen MR) is 77.9 cm³/mol. The molecule has 17 heavy (non-hydrogen) atoms. The van der Waals surface area contributed by atoms with Gasteiger partial charge in [-0.05, 0) is 18.3 Å². The highest BCUT2D eigenvalue weighted by atomic mass is 127. The van der Waals surface area contributed by atoms with Gasteiger partial charge in [0.25, 0.3) is 0 Å². The molecule has 0 bridgehead atoms. The quantitative estimate of drug-likeness (QED) is 0.536. The number of likely N-dealkylation sites (tertiary alicyclic amines) is 1. The lowest BCUT2D eigenvalue weighted by Gasteiger charge is -2.51. The SMILES string of the molecule is CC(C)(C)CC(=O)N1CCC2(CC1)CN(I)C2. The number of hydrogen-bond acceptors (Lipinski definition) is 2. The minimum Gasteiger partial charge on any atom is -0.343 e. The zero-order valence-corrected chi connectivity index (χ0v) is 13.3. The van der Waals surface area contributed by atoms with E-state index >= 15 is 0 Å². The van der Waals surface area contributed by atoms with Crippen LogP contribution in [0.3, 0.4) is 0 Å². The van der Waals surface area contributed by atoms with Gasteiger partial charge in [0.2, 0.25) is 5.91 Å². The van der Waals surface area contributed by atoms with Crippen LogP contribution in [-0.4, -0.2) is 40.1 Å². The standard InChI is InChI=1S/C13H23IN2O/c1-12(2,3)8-11(17)15-6-4-13(5-7-15)9-16(14)10-13/h4-10H2,1-3H3. The third kappa shape index (κ3) is 3.34. The Labute approximate surface area is 118 Å². The molecule has 0 aromatic carbocycles. The maximum Gasteiger partial charge on any atom is 0.223 e. The van der Waals surface area contributed by atoms with E-state index < -0.39 is 0 Å². The van der Waals surface area contributed by atoms with Crippen LogP contribution >= 0.6 is 22.9 Å². The largest absolute Gasteiger partial charge is 0.343 e. The van der Waals surface area contributed by atoms with Crippen molar-refractivity contribution in [2.45, 2.75) is 40.0 Å². The van der Waals surface area contributed by atoms with Gasteiger partial charge in [-0.15, -0.1) is 0 Å². The smallest absolute Gasteiger partial charge is 0.223 e. The normalized spacial score (nSPS) is 24.8.